The largest absolute Gasteiger partial charge is 0.507 e. The van der Waals surface area contributed by atoms with Gasteiger partial charge in [-0.15, -0.1) is 0 Å². The lowest BCUT2D eigenvalue weighted by Gasteiger charge is -2.07. The van der Waals surface area contributed by atoms with Crippen molar-refractivity contribution in [3.8, 4) is 11.5 Å². The number of carbonyl (C=O) groups excluding carboxylic acids is 2. The van der Waals surface area contributed by atoms with Crippen molar-refractivity contribution in [2.75, 3.05) is 11.9 Å². The zero-order chi connectivity index (χ0) is 18.8. The summed E-state index contributed by atoms with van der Waals surface area (Å²) in [5, 5.41) is 16.0. The standard InChI is InChI=1S/C19H21N3O4/c1-2-26-16-9-7-15(8-10-16)21-18(24)11-12-19(25)22-20-13-14-5-3-4-6-17(14)23/h3-10,13,23H,2,11-12H2,1H3,(H,21,24)(H,22,25)/b20-13-. The number of anilines is 1. The maximum Gasteiger partial charge on any atom is 0.240 e. The van der Waals surface area contributed by atoms with E-state index in [0.29, 0.717) is 17.9 Å². The van der Waals surface area contributed by atoms with Crippen LogP contribution in [0.4, 0.5) is 5.69 Å². The molecule has 0 aliphatic carbocycles. The molecule has 2 aromatic carbocycles. The summed E-state index contributed by atoms with van der Waals surface area (Å²) in [7, 11) is 0. The van der Waals surface area contributed by atoms with Crippen molar-refractivity contribution < 1.29 is 19.4 Å². The van der Waals surface area contributed by atoms with Crippen LogP contribution in [0.25, 0.3) is 0 Å². The smallest absolute Gasteiger partial charge is 0.240 e. The molecule has 3 N–H and O–H groups in total. The van der Waals surface area contributed by atoms with Gasteiger partial charge in [0.15, 0.2) is 0 Å². The number of para-hydroxylation sites is 1. The Labute approximate surface area is 151 Å². The third-order valence-electron chi connectivity index (χ3n) is 3.36. The monoisotopic (exact) mass is 355 g/mol. The van der Waals surface area contributed by atoms with E-state index in [1.807, 2.05) is 6.92 Å². The molecule has 2 rings (SSSR count). The zero-order valence-electron chi connectivity index (χ0n) is 14.4. The molecule has 0 atom stereocenters. The normalized spacial score (nSPS) is 10.5. The van der Waals surface area contributed by atoms with Crippen molar-refractivity contribution in [2.24, 2.45) is 5.10 Å². The molecule has 0 heterocycles. The number of carbonyl (C=O) groups is 2. The summed E-state index contributed by atoms with van der Waals surface area (Å²) < 4.78 is 5.33. The van der Waals surface area contributed by atoms with Gasteiger partial charge in [0.2, 0.25) is 11.8 Å². The predicted octanol–water partition coefficient (Wildman–Crippen LogP) is 2.66. The molecule has 0 radical (unpaired) electrons. The maximum atomic E-state index is 11.9. The number of benzene rings is 2. The van der Waals surface area contributed by atoms with Gasteiger partial charge in [-0.1, -0.05) is 12.1 Å². The molecule has 7 nitrogen and oxygen atoms in total. The predicted molar refractivity (Wildman–Crippen MR) is 99.3 cm³/mol. The van der Waals surface area contributed by atoms with Crippen LogP contribution in [0.15, 0.2) is 53.6 Å². The molecular weight excluding hydrogens is 334 g/mol. The minimum absolute atomic E-state index is 0.000967. The van der Waals surface area contributed by atoms with E-state index in [2.05, 4.69) is 15.8 Å². The van der Waals surface area contributed by atoms with Crippen LogP contribution in [0.5, 0.6) is 11.5 Å². The summed E-state index contributed by atoms with van der Waals surface area (Å²) in [6, 6.07) is 13.6. The quantitative estimate of drug-likeness (QED) is 0.501. The van der Waals surface area contributed by atoms with Gasteiger partial charge in [0, 0.05) is 24.1 Å². The molecule has 136 valence electrons. The molecule has 0 fully saturated rings. The highest BCUT2D eigenvalue weighted by Crippen LogP contribution is 2.16. The summed E-state index contributed by atoms with van der Waals surface area (Å²) in [5.41, 5.74) is 3.44. The first-order valence-electron chi connectivity index (χ1n) is 8.21. The number of aromatic hydroxyl groups is 1. The number of phenolic OH excluding ortho intramolecular Hbond substituents is 1. The average Bonchev–Trinajstić information content (AvgIpc) is 2.63. The molecule has 0 spiro atoms. The van der Waals surface area contributed by atoms with Gasteiger partial charge < -0.3 is 15.2 Å². The number of hydrazone groups is 1. The van der Waals surface area contributed by atoms with Crippen molar-refractivity contribution in [1.29, 1.82) is 0 Å². The molecule has 26 heavy (non-hydrogen) atoms. The summed E-state index contributed by atoms with van der Waals surface area (Å²) >= 11 is 0. The van der Waals surface area contributed by atoms with Gasteiger partial charge >= 0.3 is 0 Å². The molecule has 0 saturated carbocycles. The van der Waals surface area contributed by atoms with Crippen molar-refractivity contribution in [1.82, 2.24) is 5.43 Å². The Kier molecular flexibility index (Phi) is 7.17. The van der Waals surface area contributed by atoms with Crippen molar-refractivity contribution in [2.45, 2.75) is 19.8 Å². The van der Waals surface area contributed by atoms with Gasteiger partial charge in [-0.3, -0.25) is 9.59 Å². The second kappa shape index (κ2) is 9.83. The number of nitrogens with one attached hydrogen (secondary N) is 2. The van der Waals surface area contributed by atoms with Crippen LogP contribution < -0.4 is 15.5 Å². The summed E-state index contributed by atoms with van der Waals surface area (Å²) in [6.07, 6.45) is 1.37. The van der Waals surface area contributed by atoms with E-state index in [1.165, 1.54) is 12.3 Å². The second-order valence-corrected chi connectivity index (χ2v) is 5.36. The first kappa shape index (κ1) is 19.0. The van der Waals surface area contributed by atoms with Crippen LogP contribution in [-0.4, -0.2) is 29.7 Å². The van der Waals surface area contributed by atoms with E-state index in [0.717, 1.165) is 5.75 Å². The van der Waals surface area contributed by atoms with Crippen molar-refractivity contribution in [3.05, 3.63) is 54.1 Å². The van der Waals surface area contributed by atoms with Gasteiger partial charge in [-0.2, -0.15) is 5.10 Å². The highest BCUT2D eigenvalue weighted by Gasteiger charge is 2.07. The summed E-state index contributed by atoms with van der Waals surface area (Å²) in [6.45, 7) is 2.47. The van der Waals surface area contributed by atoms with E-state index in [1.54, 1.807) is 42.5 Å². The number of rotatable bonds is 8. The van der Waals surface area contributed by atoms with Gasteiger partial charge in [-0.05, 0) is 43.3 Å². The van der Waals surface area contributed by atoms with Crippen LogP contribution in [-0.2, 0) is 9.59 Å². The first-order valence-corrected chi connectivity index (χ1v) is 8.21. The Balaban J connectivity index is 1.73. The fraction of sp³-hybridized carbons (Fsp3) is 0.211. The average molecular weight is 355 g/mol. The number of ether oxygens (including phenoxy) is 1. The Morgan fingerprint density at radius 3 is 2.46 bits per heavy atom. The molecule has 0 aromatic heterocycles. The van der Waals surface area contributed by atoms with Gasteiger partial charge in [0.25, 0.3) is 0 Å². The molecule has 0 unspecified atom stereocenters. The lowest BCUT2D eigenvalue weighted by Crippen LogP contribution is -2.20. The maximum absolute atomic E-state index is 11.9. The Morgan fingerprint density at radius 2 is 1.77 bits per heavy atom. The summed E-state index contributed by atoms with van der Waals surface area (Å²) in [4.78, 5) is 23.6. The van der Waals surface area contributed by atoms with Crippen LogP contribution in [0.2, 0.25) is 0 Å². The van der Waals surface area contributed by atoms with Gasteiger partial charge in [0.1, 0.15) is 11.5 Å². The SMILES string of the molecule is CCOc1ccc(NC(=O)CCC(=O)N/N=C\c2ccccc2O)cc1. The number of amides is 2. The van der Waals surface area contributed by atoms with E-state index < -0.39 is 5.91 Å². The highest BCUT2D eigenvalue weighted by molar-refractivity contribution is 5.93. The molecule has 2 aromatic rings. The summed E-state index contributed by atoms with van der Waals surface area (Å²) in [5.74, 6) is 0.139. The number of nitrogens with zero attached hydrogens (tertiary/aromatic N) is 1. The number of phenols is 1. The van der Waals surface area contributed by atoms with Crippen molar-refractivity contribution >= 4 is 23.7 Å². The third-order valence-corrected chi connectivity index (χ3v) is 3.36. The first-order chi connectivity index (χ1) is 12.6. The second-order valence-electron chi connectivity index (χ2n) is 5.36. The zero-order valence-corrected chi connectivity index (χ0v) is 14.4. The third kappa shape index (κ3) is 6.27. The van der Waals surface area contributed by atoms with Crippen LogP contribution >= 0.6 is 0 Å². The van der Waals surface area contributed by atoms with Crippen LogP contribution in [0, 0.1) is 0 Å². The molecule has 0 bridgehead atoms. The lowest BCUT2D eigenvalue weighted by molar-refractivity contribution is -0.124. The fourth-order valence-electron chi connectivity index (χ4n) is 2.08. The van der Waals surface area contributed by atoms with E-state index in [4.69, 9.17) is 4.74 Å². The Hall–Kier alpha value is -3.35. The Bertz CT molecular complexity index is 773. The topological polar surface area (TPSA) is 100 Å². The highest BCUT2D eigenvalue weighted by atomic mass is 16.5. The molecular formula is C19H21N3O4. The van der Waals surface area contributed by atoms with Crippen LogP contribution in [0.1, 0.15) is 25.3 Å². The molecule has 0 aliphatic rings. The fourth-order valence-corrected chi connectivity index (χ4v) is 2.08. The number of hydrogen-bond donors (Lipinski definition) is 3. The van der Waals surface area contributed by atoms with Crippen LogP contribution in [0.3, 0.4) is 0 Å². The number of hydrogen-bond acceptors (Lipinski definition) is 5. The molecule has 0 aliphatic heterocycles. The minimum Gasteiger partial charge on any atom is -0.507 e. The van der Waals surface area contributed by atoms with E-state index >= 15 is 0 Å². The molecule has 0 saturated heterocycles. The van der Waals surface area contributed by atoms with E-state index in [-0.39, 0.29) is 24.5 Å². The molecule has 2 amide bonds. The Morgan fingerprint density at radius 1 is 1.08 bits per heavy atom. The van der Waals surface area contributed by atoms with Gasteiger partial charge in [-0.25, -0.2) is 5.43 Å². The van der Waals surface area contributed by atoms with Crippen molar-refractivity contribution in [3.63, 3.8) is 0 Å². The lowest BCUT2D eigenvalue weighted by atomic mass is 10.2. The molecule has 7 heteroatoms. The minimum atomic E-state index is -0.390. The van der Waals surface area contributed by atoms with E-state index in [9.17, 15) is 14.7 Å². The van der Waals surface area contributed by atoms with Gasteiger partial charge in [0.05, 0.1) is 12.8 Å².